The summed E-state index contributed by atoms with van der Waals surface area (Å²) in [4.78, 5) is 18.2. The first-order chi connectivity index (χ1) is 7.85. The lowest BCUT2D eigenvalue weighted by Crippen LogP contribution is -2.54. The van der Waals surface area contributed by atoms with Crippen molar-refractivity contribution in [3.8, 4) is 0 Å². The third-order valence-electron chi connectivity index (χ3n) is 3.74. The molecule has 1 fully saturated rings. The lowest BCUT2D eigenvalue weighted by atomic mass is 9.97. The van der Waals surface area contributed by atoms with E-state index in [1.54, 1.807) is 4.90 Å². The van der Waals surface area contributed by atoms with Crippen molar-refractivity contribution in [1.82, 2.24) is 4.90 Å². The van der Waals surface area contributed by atoms with Crippen molar-refractivity contribution in [3.63, 3.8) is 0 Å². The molecule has 1 heterocycles. The first-order valence-corrected chi connectivity index (χ1v) is 6.15. The molecule has 2 rings (SSSR count). The summed E-state index contributed by atoms with van der Waals surface area (Å²) in [6, 6.07) is 0.130. The van der Waals surface area contributed by atoms with Gasteiger partial charge in [0.05, 0.1) is 12.0 Å². The monoisotopic (exact) mass is 235 g/mol. The van der Waals surface area contributed by atoms with Gasteiger partial charge in [0.25, 0.3) is 0 Å². The maximum atomic E-state index is 12.1. The maximum Gasteiger partial charge on any atom is 0.231 e. The zero-order valence-electron chi connectivity index (χ0n) is 10.8. The van der Waals surface area contributed by atoms with E-state index >= 15 is 0 Å². The number of hydrogen-bond donors (Lipinski definition) is 1. The van der Waals surface area contributed by atoms with E-state index < -0.39 is 0 Å². The van der Waals surface area contributed by atoms with Crippen LogP contribution in [0.2, 0.25) is 0 Å². The Hall–Kier alpha value is -1.32. The number of amides is 1. The Bertz CT molecular complexity index is 386. The zero-order valence-corrected chi connectivity index (χ0v) is 10.8. The molecule has 4 nitrogen and oxygen atoms in total. The second-order valence-corrected chi connectivity index (χ2v) is 5.76. The van der Waals surface area contributed by atoms with Crippen LogP contribution in [0.25, 0.3) is 0 Å². The van der Waals surface area contributed by atoms with Crippen LogP contribution in [0.5, 0.6) is 0 Å². The molecule has 0 aromatic rings. The minimum absolute atomic E-state index is 0.0877. The minimum atomic E-state index is -0.362. The number of hydrogen-bond acceptors (Lipinski definition) is 3. The van der Waals surface area contributed by atoms with Gasteiger partial charge in [-0.3, -0.25) is 9.69 Å². The number of guanidine groups is 1. The highest BCUT2D eigenvalue weighted by Gasteiger charge is 2.45. The van der Waals surface area contributed by atoms with Crippen LogP contribution < -0.4 is 5.73 Å². The fraction of sp³-hybridized carbons (Fsp3) is 0.692. The fourth-order valence-corrected chi connectivity index (χ4v) is 2.68. The van der Waals surface area contributed by atoms with Crippen LogP contribution in [0.1, 0.15) is 33.6 Å². The lowest BCUT2D eigenvalue weighted by Gasteiger charge is -2.36. The topological polar surface area (TPSA) is 58.7 Å². The van der Waals surface area contributed by atoms with Crippen molar-refractivity contribution < 1.29 is 4.79 Å². The van der Waals surface area contributed by atoms with Crippen molar-refractivity contribution in [2.75, 3.05) is 0 Å². The van der Waals surface area contributed by atoms with E-state index in [0.717, 1.165) is 6.42 Å². The summed E-state index contributed by atoms with van der Waals surface area (Å²) in [7, 11) is 0. The molecule has 0 saturated heterocycles. The van der Waals surface area contributed by atoms with Crippen molar-refractivity contribution in [2.24, 2.45) is 22.6 Å². The van der Waals surface area contributed by atoms with E-state index in [2.05, 4.69) is 11.6 Å². The van der Waals surface area contributed by atoms with Gasteiger partial charge in [0.2, 0.25) is 5.91 Å². The van der Waals surface area contributed by atoms with Crippen LogP contribution in [0.3, 0.4) is 0 Å². The van der Waals surface area contributed by atoms with Gasteiger partial charge in [-0.15, -0.1) is 6.58 Å². The van der Waals surface area contributed by atoms with Gasteiger partial charge in [0, 0.05) is 6.04 Å². The second kappa shape index (κ2) is 3.86. The standard InChI is InChI=1S/C13H21N3O/c1-5-9-6-10(9)8(2)16-11(17)7-13(3,4)15-12(16)14/h5,8-10H,1,6-7H2,2-4H3,(H2,14,15)/t8-,9-,10+/m1/s1. The van der Waals surface area contributed by atoms with Crippen LogP contribution in [-0.4, -0.2) is 28.3 Å². The Balaban J connectivity index is 2.16. The van der Waals surface area contributed by atoms with E-state index in [4.69, 9.17) is 5.73 Å². The molecule has 2 N–H and O–H groups in total. The first-order valence-electron chi connectivity index (χ1n) is 6.15. The molecular formula is C13H21N3O. The fourth-order valence-electron chi connectivity index (χ4n) is 2.68. The van der Waals surface area contributed by atoms with Gasteiger partial charge in [-0.1, -0.05) is 6.08 Å². The Morgan fingerprint density at radius 3 is 2.76 bits per heavy atom. The molecule has 17 heavy (non-hydrogen) atoms. The minimum Gasteiger partial charge on any atom is -0.369 e. The molecule has 1 saturated carbocycles. The summed E-state index contributed by atoms with van der Waals surface area (Å²) in [5, 5.41) is 0. The third-order valence-corrected chi connectivity index (χ3v) is 3.74. The van der Waals surface area contributed by atoms with Crippen LogP contribution in [0.4, 0.5) is 0 Å². The molecule has 0 spiro atoms. The number of rotatable bonds is 3. The molecule has 0 radical (unpaired) electrons. The highest BCUT2D eigenvalue weighted by Crippen LogP contribution is 2.44. The smallest absolute Gasteiger partial charge is 0.231 e. The zero-order chi connectivity index (χ0) is 12.8. The van der Waals surface area contributed by atoms with Crippen molar-refractivity contribution >= 4 is 11.9 Å². The number of nitrogens with zero attached hydrogens (tertiary/aromatic N) is 2. The number of carbonyl (C=O) groups excluding carboxylic acids is 1. The SMILES string of the molecule is C=C[C@@H]1C[C@H]1[C@@H](C)N1C(=O)CC(C)(C)N=C1N. The Kier molecular flexibility index (Phi) is 2.76. The highest BCUT2D eigenvalue weighted by atomic mass is 16.2. The molecule has 1 aliphatic heterocycles. The summed E-state index contributed by atoms with van der Waals surface area (Å²) < 4.78 is 0. The molecule has 0 unspecified atom stereocenters. The van der Waals surface area contributed by atoms with Crippen molar-refractivity contribution in [2.45, 2.75) is 45.2 Å². The number of nitrogens with two attached hydrogens (primary N) is 1. The van der Waals surface area contributed by atoms with E-state index in [9.17, 15) is 4.79 Å². The quantitative estimate of drug-likeness (QED) is 0.754. The number of allylic oxidation sites excluding steroid dienone is 1. The van der Waals surface area contributed by atoms with E-state index in [-0.39, 0.29) is 17.5 Å². The first kappa shape index (κ1) is 12.1. The largest absolute Gasteiger partial charge is 0.369 e. The Morgan fingerprint density at radius 1 is 1.65 bits per heavy atom. The van der Waals surface area contributed by atoms with E-state index in [1.165, 1.54) is 0 Å². The molecule has 1 amide bonds. The Labute approximate surface area is 103 Å². The van der Waals surface area contributed by atoms with Gasteiger partial charge in [0.1, 0.15) is 0 Å². The molecule has 94 valence electrons. The van der Waals surface area contributed by atoms with Gasteiger partial charge in [-0.05, 0) is 39.0 Å². The molecule has 0 aromatic heterocycles. The van der Waals surface area contributed by atoms with Crippen molar-refractivity contribution in [3.05, 3.63) is 12.7 Å². The summed E-state index contributed by atoms with van der Waals surface area (Å²) in [5.41, 5.74) is 5.57. The molecule has 0 aromatic carbocycles. The summed E-state index contributed by atoms with van der Waals surface area (Å²) in [6.45, 7) is 9.71. The van der Waals surface area contributed by atoms with Gasteiger partial charge in [0.15, 0.2) is 5.96 Å². The van der Waals surface area contributed by atoms with Gasteiger partial charge in [-0.25, -0.2) is 4.99 Å². The van der Waals surface area contributed by atoms with Gasteiger partial charge < -0.3 is 5.73 Å². The molecule has 0 bridgehead atoms. The second-order valence-electron chi connectivity index (χ2n) is 5.76. The van der Waals surface area contributed by atoms with Crippen LogP contribution >= 0.6 is 0 Å². The van der Waals surface area contributed by atoms with Gasteiger partial charge >= 0.3 is 0 Å². The molecule has 4 heteroatoms. The highest BCUT2D eigenvalue weighted by molar-refractivity contribution is 5.99. The maximum absolute atomic E-state index is 12.1. The predicted octanol–water partition coefficient (Wildman–Crippen LogP) is 1.52. The van der Waals surface area contributed by atoms with E-state index in [0.29, 0.717) is 24.2 Å². The lowest BCUT2D eigenvalue weighted by molar-refractivity contribution is -0.131. The summed E-state index contributed by atoms with van der Waals surface area (Å²) >= 11 is 0. The summed E-state index contributed by atoms with van der Waals surface area (Å²) in [5.74, 6) is 1.48. The average molecular weight is 235 g/mol. The van der Waals surface area contributed by atoms with E-state index in [1.807, 2.05) is 26.8 Å². The van der Waals surface area contributed by atoms with Crippen LogP contribution in [0.15, 0.2) is 17.6 Å². The average Bonchev–Trinajstić information content (AvgIpc) is 2.92. The molecular weight excluding hydrogens is 214 g/mol. The summed E-state index contributed by atoms with van der Waals surface area (Å²) in [6.07, 6.45) is 3.50. The molecule has 1 aliphatic carbocycles. The molecule has 2 aliphatic rings. The Morgan fingerprint density at radius 2 is 2.29 bits per heavy atom. The van der Waals surface area contributed by atoms with Gasteiger partial charge in [-0.2, -0.15) is 0 Å². The number of carbonyl (C=O) groups is 1. The number of aliphatic imine (C=N–C) groups is 1. The predicted molar refractivity (Wildman–Crippen MR) is 68.4 cm³/mol. The van der Waals surface area contributed by atoms with Crippen LogP contribution in [0, 0.1) is 11.8 Å². The van der Waals surface area contributed by atoms with Crippen LogP contribution in [-0.2, 0) is 4.79 Å². The molecule has 3 atom stereocenters. The normalized spacial score (nSPS) is 33.0. The van der Waals surface area contributed by atoms with Crippen molar-refractivity contribution in [1.29, 1.82) is 0 Å². The third kappa shape index (κ3) is 2.21.